The van der Waals surface area contributed by atoms with E-state index in [4.69, 9.17) is 0 Å². The van der Waals surface area contributed by atoms with Gasteiger partial charge in [-0.05, 0) is 5.18 Å². The molecular weight excluding hydrogens is 64.8 g/mol. The van der Waals surface area contributed by atoms with E-state index >= 15 is 0 Å². The Hall–Kier alpha value is -0.595. The maximum absolute atomic E-state index is 9.22. The van der Waals surface area contributed by atoms with Gasteiger partial charge in [0.1, 0.15) is 0 Å². The summed E-state index contributed by atoms with van der Waals surface area (Å²) < 4.78 is 0. The summed E-state index contributed by atoms with van der Waals surface area (Å²) in [5, 5.41) is 2.56. The van der Waals surface area contributed by atoms with Gasteiger partial charge >= 0.3 is 0 Å². The summed E-state index contributed by atoms with van der Waals surface area (Å²) >= 11 is 0. The van der Waals surface area contributed by atoms with E-state index < -0.39 is 0 Å². The van der Waals surface area contributed by atoms with Crippen LogP contribution in [0.3, 0.4) is 0 Å². The van der Waals surface area contributed by atoms with E-state index in [2.05, 4.69) is 5.18 Å². The van der Waals surface area contributed by atoms with Gasteiger partial charge in [0, 0.05) is 5.60 Å². The van der Waals surface area contributed by atoms with Crippen molar-refractivity contribution < 1.29 is 0 Å². The smallest absolute Gasteiger partial charge is 0.146 e. The fourth-order valence-corrected chi connectivity index (χ4v) is 0.0981. The third-order valence-electron chi connectivity index (χ3n) is 0.421. The zero-order chi connectivity index (χ0) is 3.70. The largest absolute Gasteiger partial charge is 0.211 e. The molecular formula is C2HBNO. The lowest BCUT2D eigenvalue weighted by molar-refractivity contribution is 1.54. The molecule has 0 bridgehead atoms. The van der Waals surface area contributed by atoms with Gasteiger partial charge in [0.15, 0.2) is 0 Å². The van der Waals surface area contributed by atoms with Gasteiger partial charge in [0.2, 0.25) is 7.28 Å². The lowest BCUT2D eigenvalue weighted by Crippen LogP contribution is -1.51. The molecule has 0 atom stereocenters. The van der Waals surface area contributed by atoms with E-state index in [1.165, 1.54) is 0 Å². The molecule has 0 aromatic heterocycles. The molecule has 1 aliphatic heterocycles. The molecule has 23 valence electrons. The van der Waals surface area contributed by atoms with Crippen LogP contribution in [0.2, 0.25) is 0 Å². The fraction of sp³-hybridized carbons (Fsp3) is 0. The van der Waals surface area contributed by atoms with Crippen LogP contribution in [0.1, 0.15) is 0 Å². The first kappa shape index (κ1) is 2.63. The molecule has 0 aliphatic carbocycles. The fourth-order valence-electron chi connectivity index (χ4n) is 0.0981. The Morgan fingerprint density at radius 1 is 2.00 bits per heavy atom. The topological polar surface area (TPSA) is 29.4 Å². The second kappa shape index (κ2) is 0.674. The molecule has 0 amide bonds. The Kier molecular flexibility index (Phi) is 0.355. The minimum atomic E-state index is 0.574. The van der Waals surface area contributed by atoms with E-state index in [0.29, 0.717) is 5.60 Å². The highest BCUT2D eigenvalue weighted by atomic mass is 16.3. The number of rotatable bonds is 1. The van der Waals surface area contributed by atoms with Crippen LogP contribution in [0.4, 0.5) is 0 Å². The number of nitrogens with zero attached hydrogens (tertiary/aromatic N) is 1. The highest BCUT2D eigenvalue weighted by Crippen LogP contribution is 2.04. The molecule has 0 saturated carbocycles. The summed E-state index contributed by atoms with van der Waals surface area (Å²) in [6.45, 7) is 0. The zero-order valence-corrected chi connectivity index (χ0v) is 2.51. The molecule has 3 heteroatoms. The average Bonchev–Trinajstić information content (AvgIpc) is 2.12. The maximum atomic E-state index is 9.22. The Morgan fingerprint density at radius 3 is 2.60 bits per heavy atom. The van der Waals surface area contributed by atoms with Crippen molar-refractivity contribution in [2.75, 3.05) is 0 Å². The molecule has 0 unspecified atom stereocenters. The number of nitroso groups, excluding NO2 is 1. The molecule has 1 rings (SSSR count). The molecule has 0 saturated heterocycles. The van der Waals surface area contributed by atoms with Crippen LogP contribution in [0.15, 0.2) is 16.7 Å². The van der Waals surface area contributed by atoms with Gasteiger partial charge in [-0.25, -0.2) is 0 Å². The van der Waals surface area contributed by atoms with Crippen molar-refractivity contribution in [3.8, 4) is 0 Å². The standard InChI is InChI=1S/C2HBNO/c5-4-2-1-3-2/h1H. The van der Waals surface area contributed by atoms with Gasteiger partial charge in [-0.1, -0.05) is 5.98 Å². The van der Waals surface area contributed by atoms with E-state index in [1.807, 2.05) is 0 Å². The molecule has 0 N–H and O–H groups in total. The van der Waals surface area contributed by atoms with Gasteiger partial charge in [-0.3, -0.25) is 0 Å². The van der Waals surface area contributed by atoms with Gasteiger partial charge in [-0.2, -0.15) is 0 Å². The molecule has 0 fully saturated rings. The monoisotopic (exact) mass is 66.0 g/mol. The molecule has 0 spiro atoms. The van der Waals surface area contributed by atoms with Gasteiger partial charge in [-0.15, -0.1) is 4.91 Å². The Labute approximate surface area is 30.1 Å². The third kappa shape index (κ3) is 0.346. The van der Waals surface area contributed by atoms with Crippen LogP contribution in [0, 0.1) is 4.91 Å². The lowest BCUT2D eigenvalue weighted by Gasteiger charge is -1.50. The van der Waals surface area contributed by atoms with Crippen LogP contribution < -0.4 is 0 Å². The third-order valence-corrected chi connectivity index (χ3v) is 0.421. The van der Waals surface area contributed by atoms with Crippen molar-refractivity contribution in [2.45, 2.75) is 0 Å². The molecule has 1 radical (unpaired) electrons. The van der Waals surface area contributed by atoms with Crippen LogP contribution in [-0.2, 0) is 0 Å². The first-order valence-electron chi connectivity index (χ1n) is 1.32. The summed E-state index contributed by atoms with van der Waals surface area (Å²) in [6, 6.07) is 0. The molecule has 0 aromatic rings. The predicted molar refractivity (Wildman–Crippen MR) is 19.6 cm³/mol. The number of hydrogen-bond donors (Lipinski definition) is 0. The van der Waals surface area contributed by atoms with Crippen LogP contribution in [0.25, 0.3) is 0 Å². The normalized spacial score (nSPS) is 15.6. The van der Waals surface area contributed by atoms with Crippen LogP contribution in [-0.4, -0.2) is 7.28 Å². The van der Waals surface area contributed by atoms with Crippen LogP contribution in [0.5, 0.6) is 0 Å². The quantitative estimate of drug-likeness (QED) is 0.319. The van der Waals surface area contributed by atoms with E-state index in [-0.39, 0.29) is 0 Å². The molecule has 1 aliphatic rings. The second-order valence-electron chi connectivity index (χ2n) is 0.849. The summed E-state index contributed by atoms with van der Waals surface area (Å²) in [7, 11) is 1.66. The van der Waals surface area contributed by atoms with Crippen molar-refractivity contribution in [1.29, 1.82) is 0 Å². The molecule has 1 heterocycles. The van der Waals surface area contributed by atoms with E-state index in [9.17, 15) is 4.91 Å². The highest BCUT2D eigenvalue weighted by Gasteiger charge is 2.06. The average molecular weight is 65.8 g/mol. The maximum Gasteiger partial charge on any atom is 0.211 e. The Morgan fingerprint density at radius 2 is 2.60 bits per heavy atom. The molecule has 0 aromatic carbocycles. The van der Waals surface area contributed by atoms with Gasteiger partial charge in [0.05, 0.1) is 0 Å². The van der Waals surface area contributed by atoms with E-state index in [0.717, 1.165) is 0 Å². The van der Waals surface area contributed by atoms with E-state index in [1.54, 1.807) is 13.3 Å². The summed E-state index contributed by atoms with van der Waals surface area (Å²) in [6.07, 6.45) is 0. The van der Waals surface area contributed by atoms with Crippen molar-refractivity contribution in [3.05, 3.63) is 16.5 Å². The highest BCUT2D eigenvalue weighted by molar-refractivity contribution is 6.63. The molecule has 2 nitrogen and oxygen atoms in total. The summed E-state index contributed by atoms with van der Waals surface area (Å²) in [4.78, 5) is 9.22. The first-order chi connectivity index (χ1) is 2.43. The summed E-state index contributed by atoms with van der Waals surface area (Å²) in [5.74, 6) is 1.66. The van der Waals surface area contributed by atoms with Crippen molar-refractivity contribution in [1.82, 2.24) is 0 Å². The van der Waals surface area contributed by atoms with Crippen molar-refractivity contribution >= 4 is 7.28 Å². The Balaban J connectivity index is 2.49. The zero-order valence-electron chi connectivity index (χ0n) is 2.51. The van der Waals surface area contributed by atoms with Crippen LogP contribution >= 0.6 is 0 Å². The van der Waals surface area contributed by atoms with Gasteiger partial charge < -0.3 is 0 Å². The van der Waals surface area contributed by atoms with Crippen molar-refractivity contribution in [3.63, 3.8) is 0 Å². The summed E-state index contributed by atoms with van der Waals surface area (Å²) in [5.41, 5.74) is 0.574. The SMILES string of the molecule is O=NC1=C[B]1. The molecule has 5 heavy (non-hydrogen) atoms. The minimum absolute atomic E-state index is 0.574. The Bertz CT molecular complexity index is 84.9. The second-order valence-corrected chi connectivity index (χ2v) is 0.849. The van der Waals surface area contributed by atoms with Crippen molar-refractivity contribution in [2.24, 2.45) is 5.18 Å². The van der Waals surface area contributed by atoms with Gasteiger partial charge in [0.25, 0.3) is 0 Å². The number of hydrogen-bond acceptors (Lipinski definition) is 2. The first-order valence-corrected chi connectivity index (χ1v) is 1.32. The minimum Gasteiger partial charge on any atom is -0.146 e. The predicted octanol–water partition coefficient (Wildman–Crippen LogP) is 0.269. The lowest BCUT2D eigenvalue weighted by atomic mass is 10.0.